The van der Waals surface area contributed by atoms with Crippen LogP contribution < -0.4 is 9.62 Å². The second-order valence-corrected chi connectivity index (χ2v) is 13.3. The Morgan fingerprint density at radius 2 is 1.54 bits per heavy atom. The van der Waals surface area contributed by atoms with Crippen LogP contribution in [0.2, 0.25) is 0 Å². The topological polar surface area (TPSA) is 96.2 Å². The number of aromatic nitrogens is 4. The van der Waals surface area contributed by atoms with E-state index >= 15 is 0 Å². The highest BCUT2D eigenvalue weighted by molar-refractivity contribution is 7.90. The zero-order chi connectivity index (χ0) is 33.8. The Labute approximate surface area is 257 Å². The van der Waals surface area contributed by atoms with Gasteiger partial charge in [-0.3, -0.25) is 4.90 Å². The van der Waals surface area contributed by atoms with Gasteiger partial charge < -0.3 is 4.90 Å². The molecule has 2 saturated heterocycles. The van der Waals surface area contributed by atoms with Crippen LogP contribution in [0.3, 0.4) is 0 Å². The lowest BCUT2D eigenvalue weighted by Gasteiger charge is -2.31. The van der Waals surface area contributed by atoms with E-state index in [1.807, 2.05) is 4.90 Å². The lowest BCUT2D eigenvalue weighted by molar-refractivity contribution is -0.143. The van der Waals surface area contributed by atoms with Crippen LogP contribution in [0.1, 0.15) is 52.8 Å². The maximum atomic E-state index is 13.9. The van der Waals surface area contributed by atoms with Crippen molar-refractivity contribution < 1.29 is 47.9 Å². The lowest BCUT2D eigenvalue weighted by Crippen LogP contribution is -2.34. The van der Waals surface area contributed by atoms with Gasteiger partial charge >= 0.3 is 18.5 Å². The van der Waals surface area contributed by atoms with Crippen molar-refractivity contribution in [1.29, 1.82) is 0 Å². The molecule has 1 unspecified atom stereocenters. The summed E-state index contributed by atoms with van der Waals surface area (Å²) in [7, 11) is -2.21. The van der Waals surface area contributed by atoms with Crippen LogP contribution in [0.15, 0.2) is 36.4 Å². The molecular weight excluding hydrogens is 657 g/mol. The molecule has 0 radical (unpaired) electrons. The summed E-state index contributed by atoms with van der Waals surface area (Å²) in [6, 6.07) is 3.48. The minimum atomic E-state index is -5.12. The van der Waals surface area contributed by atoms with E-state index in [0.29, 0.717) is 30.7 Å². The van der Waals surface area contributed by atoms with E-state index in [1.165, 1.54) is 13.1 Å². The minimum absolute atomic E-state index is 0.0215. The number of fused-ring (bicyclic) bond motifs is 1. The number of tetrazole rings is 1. The summed E-state index contributed by atoms with van der Waals surface area (Å²) in [4.78, 5) is 3.99. The minimum Gasteiger partial charge on any atom is -0.330 e. The van der Waals surface area contributed by atoms with E-state index in [1.54, 1.807) is 6.92 Å². The summed E-state index contributed by atoms with van der Waals surface area (Å²) in [6.07, 6.45) is -14.7. The second-order valence-electron chi connectivity index (χ2n) is 11.3. The van der Waals surface area contributed by atoms with Gasteiger partial charge in [-0.05, 0) is 58.7 Å². The fourth-order valence-electron chi connectivity index (χ4n) is 6.06. The van der Waals surface area contributed by atoms with Gasteiger partial charge in [-0.25, -0.2) is 13.1 Å². The number of nitrogens with zero attached hydrogens (tertiary/aromatic N) is 6. The van der Waals surface area contributed by atoms with Crippen molar-refractivity contribution >= 4 is 16.0 Å². The third-order valence-corrected chi connectivity index (χ3v) is 10.1. The molecule has 1 aromatic heterocycles. The first-order chi connectivity index (χ1) is 21.3. The molecule has 5 rings (SSSR count). The third-order valence-electron chi connectivity index (χ3n) is 8.17. The van der Waals surface area contributed by atoms with E-state index in [9.17, 15) is 47.9 Å². The van der Waals surface area contributed by atoms with E-state index in [0.717, 1.165) is 21.8 Å². The van der Waals surface area contributed by atoms with Gasteiger partial charge in [0.25, 0.3) is 5.95 Å². The molecule has 3 heterocycles. The number of hydrogen-bond donors (Lipinski definition) is 1. The van der Waals surface area contributed by atoms with Crippen LogP contribution in [0.5, 0.6) is 0 Å². The SMILES string of the molecule is CCC(c1ccc(C(F)(F)F)cc1CN(Cc1cc(C(F)(F)F)cc(C(F)(F)F)c1)c1nnn(C)n1)N1C[C@H]2CNS(=O)(=O)[C@H]2C1. The van der Waals surface area contributed by atoms with Crippen molar-refractivity contribution in [2.24, 2.45) is 13.0 Å². The van der Waals surface area contributed by atoms with Gasteiger partial charge in [0.05, 0.1) is 29.0 Å². The molecule has 9 nitrogen and oxygen atoms in total. The molecule has 2 aliphatic heterocycles. The first-order valence-electron chi connectivity index (χ1n) is 14.0. The standard InChI is InChI=1S/C27H28F9N7O2S/c1-3-22(42-13-17-10-37-46(44,45)23(17)14-42)21-5-4-18(25(28,29)30)8-16(21)12-43(24-38-40-41(2)39-24)11-15-6-19(26(31,32)33)9-20(7-15)27(34,35)36/h4-9,17,22-23,37H,3,10-14H2,1-2H3/t17-,22?,23+/m1/s1. The highest BCUT2D eigenvalue weighted by atomic mass is 32.2. The van der Waals surface area contributed by atoms with Crippen LogP contribution in [0.4, 0.5) is 45.5 Å². The molecule has 19 heteroatoms. The zero-order valence-electron chi connectivity index (χ0n) is 24.2. The van der Waals surface area contributed by atoms with Gasteiger partial charge in [-0.15, -0.1) is 5.10 Å². The number of anilines is 1. The van der Waals surface area contributed by atoms with Gasteiger partial charge in [-0.1, -0.05) is 18.1 Å². The number of sulfonamides is 1. The Morgan fingerprint density at radius 3 is 2.07 bits per heavy atom. The van der Waals surface area contributed by atoms with Gasteiger partial charge in [0.15, 0.2) is 0 Å². The van der Waals surface area contributed by atoms with Crippen molar-refractivity contribution in [3.63, 3.8) is 0 Å². The Bertz CT molecular complexity index is 1660. The number of aryl methyl sites for hydroxylation is 1. The first kappa shape index (κ1) is 33.9. The summed E-state index contributed by atoms with van der Waals surface area (Å²) in [5, 5.41) is 10.8. The fourth-order valence-corrected chi connectivity index (χ4v) is 7.80. The molecule has 46 heavy (non-hydrogen) atoms. The Hall–Kier alpha value is -3.45. The fraction of sp³-hybridized carbons (Fsp3) is 0.519. The molecule has 252 valence electrons. The van der Waals surface area contributed by atoms with Crippen LogP contribution in [-0.4, -0.2) is 58.4 Å². The first-order valence-corrected chi connectivity index (χ1v) is 15.5. The quantitative estimate of drug-likeness (QED) is 0.328. The molecule has 0 amide bonds. The number of alkyl halides is 9. The largest absolute Gasteiger partial charge is 0.416 e. The third kappa shape index (κ3) is 7.10. The summed E-state index contributed by atoms with van der Waals surface area (Å²) in [5.41, 5.74) is -4.15. The van der Waals surface area contributed by atoms with Crippen molar-refractivity contribution in [1.82, 2.24) is 29.8 Å². The number of benzene rings is 2. The Kier molecular flexibility index (Phi) is 8.82. The van der Waals surface area contributed by atoms with Crippen LogP contribution in [0, 0.1) is 5.92 Å². The summed E-state index contributed by atoms with van der Waals surface area (Å²) < 4.78 is 151. The number of halogens is 9. The predicted molar refractivity (Wildman–Crippen MR) is 145 cm³/mol. The second kappa shape index (κ2) is 12.0. The number of nitrogens with one attached hydrogen (secondary N) is 1. The number of rotatable bonds is 8. The van der Waals surface area contributed by atoms with E-state index in [-0.39, 0.29) is 36.6 Å². The van der Waals surface area contributed by atoms with Crippen molar-refractivity contribution in [3.05, 3.63) is 69.8 Å². The molecule has 3 atom stereocenters. The Balaban J connectivity index is 1.57. The average Bonchev–Trinajstić information content (AvgIpc) is 3.64. The molecule has 0 spiro atoms. The van der Waals surface area contributed by atoms with Gasteiger partial charge in [0.2, 0.25) is 10.0 Å². The highest BCUT2D eigenvalue weighted by Gasteiger charge is 2.48. The van der Waals surface area contributed by atoms with Crippen molar-refractivity contribution in [3.8, 4) is 0 Å². The maximum absolute atomic E-state index is 13.9. The zero-order valence-corrected chi connectivity index (χ0v) is 25.1. The van der Waals surface area contributed by atoms with Crippen LogP contribution in [-0.2, 0) is 48.7 Å². The predicted octanol–water partition coefficient (Wildman–Crippen LogP) is 5.16. The maximum Gasteiger partial charge on any atom is 0.416 e. The van der Waals surface area contributed by atoms with Crippen LogP contribution in [0.25, 0.3) is 0 Å². The molecule has 2 aromatic carbocycles. The van der Waals surface area contributed by atoms with Crippen molar-refractivity contribution in [2.75, 3.05) is 24.5 Å². The molecule has 1 N–H and O–H groups in total. The summed E-state index contributed by atoms with van der Waals surface area (Å²) in [6.45, 7) is 1.36. The van der Waals surface area contributed by atoms with E-state index in [2.05, 4.69) is 20.1 Å². The molecule has 3 aromatic rings. The smallest absolute Gasteiger partial charge is 0.330 e. The molecule has 0 aliphatic carbocycles. The van der Waals surface area contributed by atoms with Gasteiger partial charge in [-0.2, -0.15) is 44.3 Å². The lowest BCUT2D eigenvalue weighted by atomic mass is 9.94. The molecule has 0 bridgehead atoms. The monoisotopic (exact) mass is 685 g/mol. The molecular formula is C27H28F9N7O2S. The van der Waals surface area contributed by atoms with Gasteiger partial charge in [0.1, 0.15) is 0 Å². The Morgan fingerprint density at radius 1 is 0.913 bits per heavy atom. The molecule has 2 fully saturated rings. The molecule has 0 saturated carbocycles. The van der Waals surface area contributed by atoms with Gasteiger partial charge in [0, 0.05) is 44.7 Å². The highest BCUT2D eigenvalue weighted by Crippen LogP contribution is 2.40. The normalized spacial score (nSPS) is 21.0. The summed E-state index contributed by atoms with van der Waals surface area (Å²) in [5.74, 6) is -0.487. The van der Waals surface area contributed by atoms with Crippen LogP contribution >= 0.6 is 0 Å². The molecule has 2 aliphatic rings. The summed E-state index contributed by atoms with van der Waals surface area (Å²) >= 11 is 0. The number of likely N-dealkylation sites (tertiary alicyclic amines) is 1. The van der Waals surface area contributed by atoms with E-state index < -0.39 is 75.2 Å². The van der Waals surface area contributed by atoms with E-state index in [4.69, 9.17) is 0 Å². The average molecular weight is 686 g/mol. The van der Waals surface area contributed by atoms with Crippen molar-refractivity contribution in [2.45, 2.75) is 56.3 Å². The number of hydrogen-bond acceptors (Lipinski definition) is 7.